The summed E-state index contributed by atoms with van der Waals surface area (Å²) in [4.78, 5) is 10.6. The first-order valence-corrected chi connectivity index (χ1v) is 4.20. The molecule has 0 rings (SSSR count). The van der Waals surface area contributed by atoms with Gasteiger partial charge >= 0.3 is 5.97 Å². The molecule has 0 atom stereocenters. The zero-order chi connectivity index (χ0) is 10.3. The van der Waals surface area contributed by atoms with Crippen LogP contribution in [-0.2, 0) is 9.53 Å². The van der Waals surface area contributed by atoms with Gasteiger partial charge in [-0.2, -0.15) is 0 Å². The van der Waals surface area contributed by atoms with Crippen molar-refractivity contribution in [3.8, 4) is 0 Å². The standard InChI is InChI=1S/C10H18NO2/c1-5-10(12)13-9-7-6-8-11(2,3)4/h5-7H,1,8-9H2,2-4H3/q+1. The summed E-state index contributed by atoms with van der Waals surface area (Å²) in [6.45, 7) is 4.54. The predicted molar refractivity (Wildman–Crippen MR) is 53.2 cm³/mol. The molecular formula is C10H18NO2+. The lowest BCUT2D eigenvalue weighted by Crippen LogP contribution is -2.34. The Kier molecular flexibility index (Phi) is 5.07. The number of hydrogen-bond donors (Lipinski definition) is 0. The zero-order valence-corrected chi connectivity index (χ0v) is 8.62. The van der Waals surface area contributed by atoms with Gasteiger partial charge in [0.2, 0.25) is 0 Å². The summed E-state index contributed by atoms with van der Waals surface area (Å²) in [5, 5.41) is 0. The Labute approximate surface area is 79.9 Å². The molecule has 0 saturated heterocycles. The van der Waals surface area contributed by atoms with Gasteiger partial charge in [-0.1, -0.05) is 6.58 Å². The number of quaternary nitrogens is 1. The van der Waals surface area contributed by atoms with Gasteiger partial charge in [-0.05, 0) is 12.2 Å². The minimum atomic E-state index is -0.380. The topological polar surface area (TPSA) is 26.3 Å². The number of hydrogen-bond acceptors (Lipinski definition) is 2. The van der Waals surface area contributed by atoms with E-state index in [4.69, 9.17) is 4.74 Å². The van der Waals surface area contributed by atoms with Gasteiger partial charge in [0.1, 0.15) is 6.61 Å². The van der Waals surface area contributed by atoms with Crippen molar-refractivity contribution < 1.29 is 14.0 Å². The maximum Gasteiger partial charge on any atom is 0.330 e. The van der Waals surface area contributed by atoms with Gasteiger partial charge in [0, 0.05) is 6.08 Å². The van der Waals surface area contributed by atoms with Crippen molar-refractivity contribution >= 4 is 5.97 Å². The number of carbonyl (C=O) groups excluding carboxylic acids is 1. The first kappa shape index (κ1) is 11.9. The van der Waals surface area contributed by atoms with E-state index in [-0.39, 0.29) is 5.97 Å². The van der Waals surface area contributed by atoms with Crippen LogP contribution in [0.5, 0.6) is 0 Å². The van der Waals surface area contributed by atoms with E-state index >= 15 is 0 Å². The van der Waals surface area contributed by atoms with Gasteiger partial charge in [-0.3, -0.25) is 0 Å². The van der Waals surface area contributed by atoms with E-state index in [1.807, 2.05) is 12.2 Å². The Morgan fingerprint density at radius 1 is 1.38 bits per heavy atom. The fourth-order valence-electron chi connectivity index (χ4n) is 0.648. The van der Waals surface area contributed by atoms with E-state index in [2.05, 4.69) is 27.7 Å². The molecule has 0 saturated carbocycles. The SMILES string of the molecule is C=CC(=O)OCC=CC[N+](C)(C)C. The highest BCUT2D eigenvalue weighted by molar-refractivity contribution is 5.81. The van der Waals surface area contributed by atoms with Crippen LogP contribution in [0.15, 0.2) is 24.8 Å². The van der Waals surface area contributed by atoms with Gasteiger partial charge in [-0.15, -0.1) is 0 Å². The van der Waals surface area contributed by atoms with E-state index in [9.17, 15) is 4.79 Å². The summed E-state index contributed by atoms with van der Waals surface area (Å²) < 4.78 is 5.62. The van der Waals surface area contributed by atoms with Crippen molar-refractivity contribution in [2.45, 2.75) is 0 Å². The molecule has 0 N–H and O–H groups in total. The molecule has 0 aliphatic rings. The van der Waals surface area contributed by atoms with Gasteiger partial charge in [0.15, 0.2) is 0 Å². The molecule has 0 aromatic heterocycles. The van der Waals surface area contributed by atoms with Crippen molar-refractivity contribution in [3.05, 3.63) is 24.8 Å². The van der Waals surface area contributed by atoms with E-state index in [0.717, 1.165) is 17.1 Å². The molecule has 0 amide bonds. The molecule has 0 spiro atoms. The minimum Gasteiger partial charge on any atom is -0.458 e. The minimum absolute atomic E-state index is 0.324. The normalized spacial score (nSPS) is 11.6. The molecule has 13 heavy (non-hydrogen) atoms. The molecule has 0 fully saturated rings. The van der Waals surface area contributed by atoms with Crippen LogP contribution in [0.25, 0.3) is 0 Å². The van der Waals surface area contributed by atoms with Gasteiger partial charge < -0.3 is 9.22 Å². The van der Waals surface area contributed by atoms with Crippen LogP contribution in [-0.4, -0.2) is 44.7 Å². The highest BCUT2D eigenvalue weighted by Gasteiger charge is 2.01. The molecule has 0 heterocycles. The van der Waals surface area contributed by atoms with Crippen molar-refractivity contribution in [3.63, 3.8) is 0 Å². The van der Waals surface area contributed by atoms with Crippen molar-refractivity contribution in [2.24, 2.45) is 0 Å². The van der Waals surface area contributed by atoms with Crippen LogP contribution in [0.1, 0.15) is 0 Å². The van der Waals surface area contributed by atoms with Crippen molar-refractivity contribution in [1.82, 2.24) is 0 Å². The summed E-state index contributed by atoms with van der Waals surface area (Å²) in [7, 11) is 6.29. The number of likely N-dealkylation sites (N-methyl/N-ethyl adjacent to an activating group) is 1. The lowest BCUT2D eigenvalue weighted by atomic mass is 10.4. The van der Waals surface area contributed by atoms with Crippen LogP contribution in [0, 0.1) is 0 Å². The lowest BCUT2D eigenvalue weighted by Gasteiger charge is -2.21. The van der Waals surface area contributed by atoms with E-state index < -0.39 is 0 Å². The van der Waals surface area contributed by atoms with Crippen molar-refractivity contribution in [1.29, 1.82) is 0 Å². The van der Waals surface area contributed by atoms with Crippen LogP contribution in [0.3, 0.4) is 0 Å². The van der Waals surface area contributed by atoms with Gasteiger partial charge in [0.25, 0.3) is 0 Å². The molecule has 0 bridgehead atoms. The first-order valence-electron chi connectivity index (χ1n) is 4.20. The second kappa shape index (κ2) is 5.54. The number of nitrogens with zero attached hydrogens (tertiary/aromatic N) is 1. The molecule has 0 unspecified atom stereocenters. The smallest absolute Gasteiger partial charge is 0.330 e. The molecule has 74 valence electrons. The average Bonchev–Trinajstić information content (AvgIpc) is 2.01. The van der Waals surface area contributed by atoms with Crippen LogP contribution >= 0.6 is 0 Å². The zero-order valence-electron chi connectivity index (χ0n) is 8.62. The van der Waals surface area contributed by atoms with Crippen LogP contribution in [0.4, 0.5) is 0 Å². The van der Waals surface area contributed by atoms with Crippen molar-refractivity contribution in [2.75, 3.05) is 34.3 Å². The average molecular weight is 184 g/mol. The van der Waals surface area contributed by atoms with E-state index in [0.29, 0.717) is 6.61 Å². The second-order valence-corrected chi connectivity index (χ2v) is 3.78. The van der Waals surface area contributed by atoms with Gasteiger partial charge in [-0.25, -0.2) is 4.79 Å². The van der Waals surface area contributed by atoms with Gasteiger partial charge in [0.05, 0.1) is 27.7 Å². The van der Waals surface area contributed by atoms with E-state index in [1.54, 1.807) is 0 Å². The third-order valence-electron chi connectivity index (χ3n) is 1.31. The first-order chi connectivity index (χ1) is 5.95. The van der Waals surface area contributed by atoms with E-state index in [1.165, 1.54) is 0 Å². The quantitative estimate of drug-likeness (QED) is 0.275. The fraction of sp³-hybridized carbons (Fsp3) is 0.500. The number of rotatable bonds is 5. The Morgan fingerprint density at radius 2 is 2.00 bits per heavy atom. The summed E-state index contributed by atoms with van der Waals surface area (Å²) in [5.41, 5.74) is 0. The molecule has 3 nitrogen and oxygen atoms in total. The maximum atomic E-state index is 10.6. The fourth-order valence-corrected chi connectivity index (χ4v) is 0.648. The Balaban J connectivity index is 3.54. The monoisotopic (exact) mass is 184 g/mol. The summed E-state index contributed by atoms with van der Waals surface area (Å²) in [6.07, 6.45) is 4.99. The largest absolute Gasteiger partial charge is 0.458 e. The molecule has 0 aromatic carbocycles. The second-order valence-electron chi connectivity index (χ2n) is 3.78. The molecule has 0 radical (unpaired) electrons. The summed E-state index contributed by atoms with van der Waals surface area (Å²) >= 11 is 0. The maximum absolute atomic E-state index is 10.6. The van der Waals surface area contributed by atoms with Crippen LogP contribution < -0.4 is 0 Å². The Bertz CT molecular complexity index is 201. The predicted octanol–water partition coefficient (Wildman–Crippen LogP) is 0.978. The molecule has 0 aliphatic heterocycles. The molecule has 3 heteroatoms. The molecule has 0 aliphatic carbocycles. The number of esters is 1. The third kappa shape index (κ3) is 8.82. The van der Waals surface area contributed by atoms with Crippen LogP contribution in [0.2, 0.25) is 0 Å². The Hall–Kier alpha value is -1.09. The lowest BCUT2D eigenvalue weighted by molar-refractivity contribution is -0.864. The summed E-state index contributed by atoms with van der Waals surface area (Å²) in [6, 6.07) is 0. The molecule has 0 aromatic rings. The highest BCUT2D eigenvalue weighted by atomic mass is 16.5. The Morgan fingerprint density at radius 3 is 2.46 bits per heavy atom. The molecular weight excluding hydrogens is 166 g/mol. The third-order valence-corrected chi connectivity index (χ3v) is 1.31. The summed E-state index contributed by atoms with van der Waals surface area (Å²) in [5.74, 6) is -0.380. The number of carbonyl (C=O) groups is 1. The highest BCUT2D eigenvalue weighted by Crippen LogP contribution is 1.90. The number of ether oxygens (including phenoxy) is 1.